The van der Waals surface area contributed by atoms with Crippen molar-refractivity contribution < 1.29 is 17.7 Å². The summed E-state index contributed by atoms with van der Waals surface area (Å²) in [7, 11) is 1.90. The molecule has 0 aliphatic carbocycles. The van der Waals surface area contributed by atoms with Crippen LogP contribution in [0.15, 0.2) is 42.1 Å². The van der Waals surface area contributed by atoms with Gasteiger partial charge in [0.15, 0.2) is 11.4 Å². The van der Waals surface area contributed by atoms with E-state index in [2.05, 4.69) is 5.32 Å². The molecule has 2 aromatic rings. The van der Waals surface area contributed by atoms with E-state index in [1.54, 1.807) is 18.3 Å². The monoisotopic (exact) mass is 389 g/mol. The number of alkyl halides is 3. The van der Waals surface area contributed by atoms with E-state index in [0.29, 0.717) is 17.1 Å². The van der Waals surface area contributed by atoms with Crippen molar-refractivity contribution in [2.45, 2.75) is 5.51 Å². The zero-order valence-corrected chi connectivity index (χ0v) is 14.7. The van der Waals surface area contributed by atoms with Gasteiger partial charge >= 0.3 is 5.51 Å². The smallest absolute Gasteiger partial charge is 0.591 e. The molecule has 9 heteroatoms. The minimum Gasteiger partial charge on any atom is -0.591 e. The van der Waals surface area contributed by atoms with Crippen molar-refractivity contribution in [2.24, 2.45) is 7.05 Å². The van der Waals surface area contributed by atoms with Crippen LogP contribution in [0.5, 0.6) is 0 Å². The molecule has 0 saturated heterocycles. The van der Waals surface area contributed by atoms with Crippen LogP contribution in [0.3, 0.4) is 0 Å². The third-order valence-electron chi connectivity index (χ3n) is 3.89. The van der Waals surface area contributed by atoms with E-state index in [1.807, 2.05) is 34.5 Å². The van der Waals surface area contributed by atoms with Gasteiger partial charge in [0.25, 0.3) is 0 Å². The Kier molecular flexibility index (Phi) is 5.06. The quantitative estimate of drug-likeness (QED) is 0.787. The van der Waals surface area contributed by atoms with Crippen molar-refractivity contribution in [3.63, 3.8) is 0 Å². The van der Waals surface area contributed by atoms with Crippen molar-refractivity contribution in [3.05, 3.63) is 52.8 Å². The normalized spacial score (nSPS) is 16.4. The summed E-state index contributed by atoms with van der Waals surface area (Å²) < 4.78 is 52.0. The van der Waals surface area contributed by atoms with Gasteiger partial charge in [-0.15, -0.1) is 17.9 Å². The second kappa shape index (κ2) is 6.95. The highest BCUT2D eigenvalue weighted by atomic mass is 35.5. The molecular formula is C16H15ClF3N3OS. The van der Waals surface area contributed by atoms with E-state index in [-0.39, 0.29) is 6.54 Å². The molecule has 1 aromatic heterocycles. The summed E-state index contributed by atoms with van der Waals surface area (Å²) >= 11 is 2.96. The Bertz CT molecular complexity index is 860. The van der Waals surface area contributed by atoms with Crippen LogP contribution in [0, 0.1) is 0 Å². The summed E-state index contributed by atoms with van der Waals surface area (Å²) in [5.74, 6) is 0. The van der Waals surface area contributed by atoms with Crippen LogP contribution in [0.25, 0.3) is 16.5 Å². The minimum absolute atomic E-state index is 0.119. The molecule has 1 atom stereocenters. The van der Waals surface area contributed by atoms with Crippen LogP contribution in [0.1, 0.15) is 5.69 Å². The molecule has 4 nitrogen and oxygen atoms in total. The van der Waals surface area contributed by atoms with Gasteiger partial charge in [0.05, 0.1) is 12.2 Å². The van der Waals surface area contributed by atoms with Crippen LogP contribution in [-0.2, 0) is 18.4 Å². The molecule has 2 heterocycles. The molecule has 2 N–H and O–H groups in total. The molecule has 3 rings (SSSR count). The first kappa shape index (κ1) is 18.2. The number of hydrogen-bond acceptors (Lipinski definition) is 3. The molecule has 0 fully saturated rings. The fraction of sp³-hybridized carbons (Fsp3) is 0.250. The number of rotatable bonds is 4. The Morgan fingerprint density at radius 3 is 2.84 bits per heavy atom. The lowest BCUT2D eigenvalue weighted by Crippen LogP contribution is -2.38. The van der Waals surface area contributed by atoms with Gasteiger partial charge in [0.2, 0.25) is 0 Å². The van der Waals surface area contributed by atoms with Gasteiger partial charge in [-0.05, 0) is 29.8 Å². The summed E-state index contributed by atoms with van der Waals surface area (Å²) in [6.45, 7) is 0.271. The topological polar surface area (TPSA) is 52.0 Å². The van der Waals surface area contributed by atoms with Crippen LogP contribution >= 0.6 is 11.6 Å². The van der Waals surface area contributed by atoms with Gasteiger partial charge in [0.1, 0.15) is 0 Å². The molecule has 0 radical (unpaired) electrons. The number of benzene rings is 1. The lowest BCUT2D eigenvalue weighted by molar-refractivity contribution is -0.0446. The van der Waals surface area contributed by atoms with Crippen LogP contribution in [0.4, 0.5) is 13.2 Å². The summed E-state index contributed by atoms with van der Waals surface area (Å²) in [6.07, 6.45) is 3.60. The largest absolute Gasteiger partial charge is 0.592 e. The molecule has 0 amide bonds. The highest BCUT2D eigenvalue weighted by Crippen LogP contribution is 2.28. The lowest BCUT2D eigenvalue weighted by atomic mass is 10.1. The Hall–Kier alpha value is -1.61. The molecule has 1 aliphatic heterocycles. The molecule has 1 unspecified atom stereocenters. The fourth-order valence-corrected chi connectivity index (χ4v) is 3.33. The minimum atomic E-state index is -4.77. The number of nitrogens with one attached hydrogen (secondary N) is 2. The molecule has 134 valence electrons. The number of halogens is 4. The maximum atomic E-state index is 12.3. The highest BCUT2D eigenvalue weighted by Gasteiger charge is 2.45. The fourth-order valence-electron chi connectivity index (χ4n) is 2.69. The van der Waals surface area contributed by atoms with E-state index in [0.717, 1.165) is 22.2 Å². The van der Waals surface area contributed by atoms with Crippen molar-refractivity contribution in [3.8, 4) is 0 Å². The van der Waals surface area contributed by atoms with Crippen LogP contribution < -0.4 is 10.0 Å². The number of hydrogen-bond donors (Lipinski definition) is 2. The first-order valence-corrected chi connectivity index (χ1v) is 8.89. The third-order valence-corrected chi connectivity index (χ3v) is 4.95. The Balaban J connectivity index is 1.82. The van der Waals surface area contributed by atoms with Gasteiger partial charge in [-0.3, -0.25) is 0 Å². The number of fused-ring (bicyclic) bond motifs is 1. The summed E-state index contributed by atoms with van der Waals surface area (Å²) in [6, 6.07) is 7.56. The van der Waals surface area contributed by atoms with Crippen LogP contribution in [-0.4, -0.2) is 27.7 Å². The van der Waals surface area contributed by atoms with E-state index in [4.69, 9.17) is 11.6 Å². The first-order valence-electron chi connectivity index (χ1n) is 7.36. The standard InChI is InChI=1S/C16H15ClF3N3OS/c1-23-14(5-11-2-3-13(17)6-15(11)23)12-4-10(7-21-9-12)8-22-25(24)16(18,19)20/h2-6,9,21-22H,7-8H2,1H3. The molecule has 0 spiro atoms. The molecule has 0 saturated carbocycles. The van der Waals surface area contributed by atoms with E-state index >= 15 is 0 Å². The predicted octanol–water partition coefficient (Wildman–Crippen LogP) is 3.48. The van der Waals surface area contributed by atoms with E-state index in [1.165, 1.54) is 0 Å². The first-order chi connectivity index (χ1) is 11.8. The average molecular weight is 390 g/mol. The molecule has 0 bridgehead atoms. The maximum absolute atomic E-state index is 12.3. The van der Waals surface area contributed by atoms with Crippen molar-refractivity contribution in [1.82, 2.24) is 14.6 Å². The number of nitrogens with zero attached hydrogens (tertiary/aromatic N) is 1. The van der Waals surface area contributed by atoms with E-state index in [9.17, 15) is 17.7 Å². The zero-order valence-electron chi connectivity index (χ0n) is 13.2. The Morgan fingerprint density at radius 2 is 2.12 bits per heavy atom. The van der Waals surface area contributed by atoms with E-state index < -0.39 is 16.9 Å². The molecular weight excluding hydrogens is 375 g/mol. The number of allylic oxidation sites excluding steroid dienone is 2. The number of dihydropyridines is 1. The average Bonchev–Trinajstić information content (AvgIpc) is 2.88. The second-order valence-electron chi connectivity index (χ2n) is 5.61. The number of aryl methyl sites for hydroxylation is 1. The Morgan fingerprint density at radius 1 is 1.36 bits per heavy atom. The lowest BCUT2D eigenvalue weighted by Gasteiger charge is -2.18. The number of aromatic nitrogens is 1. The van der Waals surface area contributed by atoms with Gasteiger partial charge < -0.3 is 14.4 Å². The maximum Gasteiger partial charge on any atom is 0.592 e. The van der Waals surface area contributed by atoms with Gasteiger partial charge in [-0.1, -0.05) is 17.7 Å². The third kappa shape index (κ3) is 3.98. The highest BCUT2D eigenvalue weighted by molar-refractivity contribution is 7.90. The molecule has 1 aromatic carbocycles. The van der Waals surface area contributed by atoms with Crippen molar-refractivity contribution in [1.29, 1.82) is 0 Å². The Labute approximate surface area is 150 Å². The predicted molar refractivity (Wildman–Crippen MR) is 94.2 cm³/mol. The summed E-state index contributed by atoms with van der Waals surface area (Å²) in [4.78, 5) is 0. The summed E-state index contributed by atoms with van der Waals surface area (Å²) in [5.41, 5.74) is -1.40. The second-order valence-corrected chi connectivity index (χ2v) is 7.34. The van der Waals surface area contributed by atoms with Crippen molar-refractivity contribution in [2.75, 3.05) is 13.1 Å². The SMILES string of the molecule is Cn1c(C2=CNCC(CN[S+]([O-])C(F)(F)F)=C2)cc2ccc(Cl)cc21. The van der Waals surface area contributed by atoms with Gasteiger partial charge in [-0.2, -0.15) is 0 Å². The molecule has 1 aliphatic rings. The van der Waals surface area contributed by atoms with Crippen LogP contribution in [0.2, 0.25) is 5.02 Å². The summed E-state index contributed by atoms with van der Waals surface area (Å²) in [5, 5.41) is 4.68. The van der Waals surface area contributed by atoms with Gasteiger partial charge in [-0.25, -0.2) is 0 Å². The van der Waals surface area contributed by atoms with Gasteiger partial charge in [0, 0.05) is 41.3 Å². The molecule has 25 heavy (non-hydrogen) atoms. The van der Waals surface area contributed by atoms with Crippen molar-refractivity contribution >= 4 is 39.4 Å². The zero-order chi connectivity index (χ0) is 18.2.